The molecule has 0 aliphatic heterocycles. The van der Waals surface area contributed by atoms with E-state index in [0.717, 1.165) is 6.26 Å². The Morgan fingerprint density at radius 1 is 1.23 bits per heavy atom. The molecule has 3 N–H and O–H groups in total. The lowest BCUT2D eigenvalue weighted by Crippen LogP contribution is -2.45. The molecule has 0 amide bonds. The van der Waals surface area contributed by atoms with Crippen LogP contribution in [0.25, 0.3) is 16.9 Å². The van der Waals surface area contributed by atoms with E-state index in [1.54, 1.807) is 35.8 Å². The molecule has 0 saturated heterocycles. The number of hydrogen-bond acceptors (Lipinski definition) is 7. The average Bonchev–Trinajstić information content (AvgIpc) is 3.13. The molecule has 3 aromatic rings. The Bertz CT molecular complexity index is 1370. The SMILES string of the molecule is Cc1c(C(N)(CCCO[N+](=O)[O-])C(=O)O)cc(-c2ccc(S(C)(=O)=O)cc2)n1-c1cccc(F)c1. The molecular formula is C23H24FN3O7S. The zero-order valence-corrected chi connectivity index (χ0v) is 19.8. The molecule has 2 aromatic carbocycles. The smallest absolute Gasteiger partial charge is 0.328 e. The highest BCUT2D eigenvalue weighted by atomic mass is 32.2. The average molecular weight is 506 g/mol. The number of aliphatic carboxylic acids is 1. The minimum absolute atomic E-state index is 0.00719. The van der Waals surface area contributed by atoms with Crippen LogP contribution in [-0.2, 0) is 25.0 Å². The molecule has 1 atom stereocenters. The predicted molar refractivity (Wildman–Crippen MR) is 125 cm³/mol. The normalized spacial score (nSPS) is 13.3. The number of nitrogens with zero attached hydrogens (tertiary/aromatic N) is 2. The van der Waals surface area contributed by atoms with Gasteiger partial charge in [-0.15, -0.1) is 10.1 Å². The Balaban J connectivity index is 2.18. The van der Waals surface area contributed by atoms with Gasteiger partial charge in [-0.25, -0.2) is 17.6 Å². The van der Waals surface area contributed by atoms with Gasteiger partial charge in [-0.05, 0) is 61.7 Å². The third-order valence-corrected chi connectivity index (χ3v) is 6.79. The van der Waals surface area contributed by atoms with Crippen LogP contribution >= 0.6 is 0 Å². The summed E-state index contributed by atoms with van der Waals surface area (Å²) in [5.41, 5.74) is 6.45. The van der Waals surface area contributed by atoms with E-state index in [1.165, 1.54) is 30.3 Å². The molecule has 35 heavy (non-hydrogen) atoms. The summed E-state index contributed by atoms with van der Waals surface area (Å²) >= 11 is 0. The van der Waals surface area contributed by atoms with Gasteiger partial charge in [0.1, 0.15) is 11.4 Å². The summed E-state index contributed by atoms with van der Waals surface area (Å²) in [6.45, 7) is 1.30. The summed E-state index contributed by atoms with van der Waals surface area (Å²) in [4.78, 5) is 27.1. The van der Waals surface area contributed by atoms with Gasteiger partial charge in [0.05, 0.1) is 17.2 Å². The molecule has 10 nitrogen and oxygen atoms in total. The topological polar surface area (TPSA) is 155 Å². The molecule has 1 unspecified atom stereocenters. The van der Waals surface area contributed by atoms with E-state index < -0.39 is 32.2 Å². The third kappa shape index (κ3) is 5.49. The maximum atomic E-state index is 14.1. The first-order valence-electron chi connectivity index (χ1n) is 10.4. The van der Waals surface area contributed by atoms with Crippen molar-refractivity contribution in [3.8, 4) is 16.9 Å². The summed E-state index contributed by atoms with van der Waals surface area (Å²) in [5.74, 6) is -1.86. The molecule has 0 saturated carbocycles. The summed E-state index contributed by atoms with van der Waals surface area (Å²) in [6, 6.07) is 13.2. The number of aromatic nitrogens is 1. The lowest BCUT2D eigenvalue weighted by Gasteiger charge is -2.25. The van der Waals surface area contributed by atoms with E-state index in [4.69, 9.17) is 5.73 Å². The fourth-order valence-electron chi connectivity index (χ4n) is 3.94. The largest absolute Gasteiger partial charge is 0.480 e. The van der Waals surface area contributed by atoms with Crippen molar-refractivity contribution in [2.75, 3.05) is 12.9 Å². The number of hydrogen-bond donors (Lipinski definition) is 2. The third-order valence-electron chi connectivity index (χ3n) is 5.67. The van der Waals surface area contributed by atoms with Crippen LogP contribution in [0.3, 0.4) is 0 Å². The van der Waals surface area contributed by atoms with E-state index in [1.807, 2.05) is 0 Å². The van der Waals surface area contributed by atoms with E-state index >= 15 is 0 Å². The van der Waals surface area contributed by atoms with Crippen LogP contribution in [0.2, 0.25) is 0 Å². The fraction of sp³-hybridized carbons (Fsp3) is 0.261. The van der Waals surface area contributed by atoms with Crippen LogP contribution in [0.15, 0.2) is 59.5 Å². The number of carboxylic acid groups (broad SMARTS) is 1. The molecule has 1 aromatic heterocycles. The van der Waals surface area contributed by atoms with Gasteiger partial charge in [0.2, 0.25) is 0 Å². The highest BCUT2D eigenvalue weighted by Gasteiger charge is 2.39. The van der Waals surface area contributed by atoms with Crippen molar-refractivity contribution in [1.82, 2.24) is 4.57 Å². The molecule has 0 radical (unpaired) electrons. The Kier molecular flexibility index (Phi) is 7.27. The Morgan fingerprint density at radius 3 is 2.43 bits per heavy atom. The molecule has 12 heteroatoms. The summed E-state index contributed by atoms with van der Waals surface area (Å²) in [7, 11) is -3.44. The van der Waals surface area contributed by atoms with Crippen LogP contribution in [-0.4, -0.2) is 42.0 Å². The Morgan fingerprint density at radius 2 is 1.89 bits per heavy atom. The van der Waals surface area contributed by atoms with Crippen molar-refractivity contribution >= 4 is 15.8 Å². The lowest BCUT2D eigenvalue weighted by atomic mass is 9.86. The molecule has 0 fully saturated rings. The van der Waals surface area contributed by atoms with E-state index in [-0.39, 0.29) is 29.9 Å². The van der Waals surface area contributed by atoms with Crippen LogP contribution < -0.4 is 5.73 Å². The van der Waals surface area contributed by atoms with Crippen LogP contribution in [0, 0.1) is 22.9 Å². The van der Waals surface area contributed by atoms with Gasteiger partial charge in [0.25, 0.3) is 5.09 Å². The standard InChI is InChI=1S/C23H24FN3O7S/c1-15-20(23(25,22(28)29)11-4-12-34-27(30)31)14-21(26(15)18-6-3-5-17(24)13-18)16-7-9-19(10-8-16)35(2,32)33/h3,5-10,13-14H,4,11-12,25H2,1-2H3,(H,28,29). The van der Waals surface area contributed by atoms with Crippen LogP contribution in [0.1, 0.15) is 24.1 Å². The van der Waals surface area contributed by atoms with E-state index in [9.17, 15) is 32.8 Å². The van der Waals surface area contributed by atoms with Crippen LogP contribution in [0.5, 0.6) is 0 Å². The van der Waals surface area contributed by atoms with Gasteiger partial charge < -0.3 is 20.2 Å². The summed E-state index contributed by atoms with van der Waals surface area (Å²) < 4.78 is 39.4. The van der Waals surface area contributed by atoms with Gasteiger partial charge in [-0.1, -0.05) is 18.2 Å². The molecule has 186 valence electrons. The number of sulfone groups is 1. The molecule has 1 heterocycles. The maximum Gasteiger partial charge on any atom is 0.328 e. The quantitative estimate of drug-likeness (QED) is 0.242. The Labute approximate surface area is 200 Å². The zero-order chi connectivity index (χ0) is 26.0. The maximum absolute atomic E-state index is 14.1. The summed E-state index contributed by atoms with van der Waals surface area (Å²) in [5, 5.41) is 19.4. The minimum atomic E-state index is -3.44. The predicted octanol–water partition coefficient (Wildman–Crippen LogP) is 3.22. The first kappa shape index (κ1) is 25.8. The van der Waals surface area contributed by atoms with Gasteiger partial charge in [0.15, 0.2) is 9.84 Å². The highest BCUT2D eigenvalue weighted by Crippen LogP contribution is 2.36. The Hall–Kier alpha value is -3.77. The van der Waals surface area contributed by atoms with Crippen molar-refractivity contribution in [3.05, 3.63) is 81.8 Å². The molecule has 3 rings (SSSR count). The van der Waals surface area contributed by atoms with E-state index in [2.05, 4.69) is 4.84 Å². The summed E-state index contributed by atoms with van der Waals surface area (Å²) in [6.07, 6.45) is 0.904. The number of nitrogens with two attached hydrogens (primary N) is 1. The number of carbonyl (C=O) groups is 1. The molecule has 0 aliphatic rings. The fourth-order valence-corrected chi connectivity index (χ4v) is 4.57. The first-order valence-corrected chi connectivity index (χ1v) is 12.3. The highest BCUT2D eigenvalue weighted by molar-refractivity contribution is 7.90. The number of rotatable bonds is 10. The van der Waals surface area contributed by atoms with Crippen LogP contribution in [0.4, 0.5) is 4.39 Å². The van der Waals surface area contributed by atoms with E-state index in [0.29, 0.717) is 22.6 Å². The second-order valence-corrected chi connectivity index (χ2v) is 10.1. The second kappa shape index (κ2) is 9.84. The van der Waals surface area contributed by atoms with Crippen molar-refractivity contribution in [3.63, 3.8) is 0 Å². The molecule has 0 bridgehead atoms. The van der Waals surface area contributed by atoms with Crippen molar-refractivity contribution < 1.29 is 32.6 Å². The van der Waals surface area contributed by atoms with Crippen molar-refractivity contribution in [2.24, 2.45) is 5.73 Å². The number of carboxylic acids is 1. The monoisotopic (exact) mass is 505 g/mol. The number of halogens is 1. The molecule has 0 aliphatic carbocycles. The zero-order valence-electron chi connectivity index (χ0n) is 19.0. The van der Waals surface area contributed by atoms with Gasteiger partial charge in [-0.3, -0.25) is 0 Å². The van der Waals surface area contributed by atoms with Gasteiger partial charge in [-0.2, -0.15) is 0 Å². The minimum Gasteiger partial charge on any atom is -0.480 e. The van der Waals surface area contributed by atoms with Crippen molar-refractivity contribution in [1.29, 1.82) is 0 Å². The van der Waals surface area contributed by atoms with Gasteiger partial charge in [0, 0.05) is 23.2 Å². The van der Waals surface area contributed by atoms with Crippen molar-refractivity contribution in [2.45, 2.75) is 30.2 Å². The lowest BCUT2D eigenvalue weighted by molar-refractivity contribution is -0.757. The molecule has 0 spiro atoms. The first-order chi connectivity index (χ1) is 16.3. The number of benzene rings is 2. The van der Waals surface area contributed by atoms with Gasteiger partial charge >= 0.3 is 5.97 Å². The molecular weight excluding hydrogens is 481 g/mol. The second-order valence-electron chi connectivity index (χ2n) is 8.08.